The summed E-state index contributed by atoms with van der Waals surface area (Å²) in [7, 11) is 0. The highest BCUT2D eigenvalue weighted by molar-refractivity contribution is 5.93. The lowest BCUT2D eigenvalue weighted by atomic mass is 9.78. The van der Waals surface area contributed by atoms with E-state index in [2.05, 4.69) is 0 Å². The zero-order chi connectivity index (χ0) is 9.47. The average Bonchev–Trinajstić information content (AvgIpc) is 2.39. The molecular formula is C10H12O3. The molecule has 13 heavy (non-hydrogen) atoms. The van der Waals surface area contributed by atoms with Gasteiger partial charge in [-0.25, -0.2) is 0 Å². The fourth-order valence-corrected chi connectivity index (χ4v) is 2.38. The first-order chi connectivity index (χ1) is 6.18. The number of carbonyl (C=O) groups excluding carboxylic acids is 2. The normalized spacial score (nSPS) is 43.3. The maximum atomic E-state index is 11.5. The summed E-state index contributed by atoms with van der Waals surface area (Å²) in [6.45, 7) is 0. The van der Waals surface area contributed by atoms with Crippen molar-refractivity contribution in [3.63, 3.8) is 0 Å². The lowest BCUT2D eigenvalue weighted by molar-refractivity contribution is -0.136. The van der Waals surface area contributed by atoms with Gasteiger partial charge in [0.25, 0.3) is 0 Å². The molecule has 2 aliphatic carbocycles. The Bertz CT molecular complexity index is 282. The number of fused-ring (bicyclic) bond motifs is 1. The average molecular weight is 180 g/mol. The van der Waals surface area contributed by atoms with Crippen molar-refractivity contribution in [2.24, 2.45) is 11.8 Å². The van der Waals surface area contributed by atoms with Gasteiger partial charge >= 0.3 is 0 Å². The Balaban J connectivity index is 2.35. The van der Waals surface area contributed by atoms with Crippen LogP contribution in [0.3, 0.4) is 0 Å². The third-order valence-corrected chi connectivity index (χ3v) is 3.19. The summed E-state index contributed by atoms with van der Waals surface area (Å²) >= 11 is 0. The van der Waals surface area contributed by atoms with Gasteiger partial charge in [0.15, 0.2) is 5.78 Å². The van der Waals surface area contributed by atoms with Crippen molar-refractivity contribution >= 4 is 12.1 Å². The summed E-state index contributed by atoms with van der Waals surface area (Å²) in [5, 5.41) is 10.0. The standard InChI is InChI=1S/C10H12O3/c11-6-7-5-9(12)10(13)4-2-1-3-8(7)10/h1-2,6-8,13H,3-5H2/t7-,8+,10+/m0/s1. The molecule has 0 spiro atoms. The SMILES string of the molecule is O=C[C@@H]1CC(=O)[C@@]2(O)CC=CC[C@H]12. The predicted octanol–water partition coefficient (Wildman–Crippen LogP) is 0.472. The first-order valence-corrected chi connectivity index (χ1v) is 4.54. The molecule has 0 unspecified atom stereocenters. The first kappa shape index (κ1) is 8.63. The molecular weight excluding hydrogens is 168 g/mol. The number of aldehydes is 1. The number of hydrogen-bond donors (Lipinski definition) is 1. The molecule has 0 radical (unpaired) electrons. The zero-order valence-corrected chi connectivity index (χ0v) is 7.27. The lowest BCUT2D eigenvalue weighted by Crippen LogP contribution is -2.42. The smallest absolute Gasteiger partial charge is 0.165 e. The molecule has 0 bridgehead atoms. The number of carbonyl (C=O) groups is 2. The number of aliphatic hydroxyl groups is 1. The molecule has 1 N–H and O–H groups in total. The van der Waals surface area contributed by atoms with E-state index in [1.54, 1.807) is 0 Å². The van der Waals surface area contributed by atoms with Crippen molar-refractivity contribution in [1.29, 1.82) is 0 Å². The second kappa shape index (κ2) is 2.77. The van der Waals surface area contributed by atoms with Gasteiger partial charge in [0.05, 0.1) is 0 Å². The van der Waals surface area contributed by atoms with Crippen LogP contribution in [0.25, 0.3) is 0 Å². The molecule has 2 rings (SSSR count). The maximum Gasteiger partial charge on any atom is 0.165 e. The molecule has 0 heterocycles. The van der Waals surface area contributed by atoms with E-state index < -0.39 is 5.60 Å². The number of Topliss-reactive ketones (excluding diaryl/α,β-unsaturated/α-hetero) is 1. The molecule has 3 heteroatoms. The molecule has 70 valence electrons. The predicted molar refractivity (Wildman–Crippen MR) is 46.0 cm³/mol. The van der Waals surface area contributed by atoms with Crippen molar-refractivity contribution < 1.29 is 14.7 Å². The third kappa shape index (κ3) is 1.07. The maximum absolute atomic E-state index is 11.5. The summed E-state index contributed by atoms with van der Waals surface area (Å²) in [5.41, 5.74) is -1.24. The molecule has 1 saturated carbocycles. The van der Waals surface area contributed by atoms with Crippen LogP contribution in [0.15, 0.2) is 12.2 Å². The van der Waals surface area contributed by atoms with E-state index in [0.717, 1.165) is 6.29 Å². The van der Waals surface area contributed by atoms with Crippen molar-refractivity contribution in [3.05, 3.63) is 12.2 Å². The first-order valence-electron chi connectivity index (χ1n) is 4.54. The minimum atomic E-state index is -1.24. The van der Waals surface area contributed by atoms with Gasteiger partial charge in [0.1, 0.15) is 11.9 Å². The number of allylic oxidation sites excluding steroid dienone is 1. The van der Waals surface area contributed by atoms with Crippen LogP contribution >= 0.6 is 0 Å². The summed E-state index contributed by atoms with van der Waals surface area (Å²) < 4.78 is 0. The van der Waals surface area contributed by atoms with Gasteiger partial charge in [0, 0.05) is 24.7 Å². The van der Waals surface area contributed by atoms with Crippen LogP contribution in [0.4, 0.5) is 0 Å². The zero-order valence-electron chi connectivity index (χ0n) is 7.27. The summed E-state index contributed by atoms with van der Waals surface area (Å²) in [4.78, 5) is 22.1. The minimum Gasteiger partial charge on any atom is -0.381 e. The van der Waals surface area contributed by atoms with E-state index in [1.165, 1.54) is 0 Å². The van der Waals surface area contributed by atoms with E-state index in [1.807, 2.05) is 12.2 Å². The van der Waals surface area contributed by atoms with Crippen molar-refractivity contribution in [1.82, 2.24) is 0 Å². The van der Waals surface area contributed by atoms with Gasteiger partial charge in [-0.3, -0.25) is 4.79 Å². The highest BCUT2D eigenvalue weighted by atomic mass is 16.3. The van der Waals surface area contributed by atoms with E-state index in [4.69, 9.17) is 0 Å². The number of ketones is 1. The number of rotatable bonds is 1. The topological polar surface area (TPSA) is 54.4 Å². The van der Waals surface area contributed by atoms with E-state index in [-0.39, 0.29) is 24.0 Å². The van der Waals surface area contributed by atoms with E-state index in [0.29, 0.717) is 12.8 Å². The quantitative estimate of drug-likeness (QED) is 0.471. The van der Waals surface area contributed by atoms with Crippen LogP contribution in [-0.4, -0.2) is 22.8 Å². The summed E-state index contributed by atoms with van der Waals surface area (Å²) in [5.74, 6) is -0.621. The monoisotopic (exact) mass is 180 g/mol. The van der Waals surface area contributed by atoms with Gasteiger partial charge in [-0.2, -0.15) is 0 Å². The van der Waals surface area contributed by atoms with Crippen LogP contribution in [0, 0.1) is 11.8 Å². The highest BCUT2D eigenvalue weighted by Gasteiger charge is 2.53. The molecule has 3 nitrogen and oxygen atoms in total. The van der Waals surface area contributed by atoms with Crippen LogP contribution in [0.2, 0.25) is 0 Å². The van der Waals surface area contributed by atoms with Crippen molar-refractivity contribution in [3.8, 4) is 0 Å². The fraction of sp³-hybridized carbons (Fsp3) is 0.600. The Morgan fingerprint density at radius 1 is 1.54 bits per heavy atom. The fourth-order valence-electron chi connectivity index (χ4n) is 2.38. The number of hydrogen-bond acceptors (Lipinski definition) is 3. The molecule has 1 fully saturated rings. The molecule has 0 saturated heterocycles. The Morgan fingerprint density at radius 3 is 3.00 bits per heavy atom. The molecule has 0 aromatic heterocycles. The summed E-state index contributed by atoms with van der Waals surface area (Å²) in [6, 6.07) is 0. The van der Waals surface area contributed by atoms with Gasteiger partial charge in [-0.15, -0.1) is 0 Å². The van der Waals surface area contributed by atoms with Crippen LogP contribution < -0.4 is 0 Å². The van der Waals surface area contributed by atoms with Crippen molar-refractivity contribution in [2.45, 2.75) is 24.9 Å². The Labute approximate surface area is 76.4 Å². The second-order valence-corrected chi connectivity index (χ2v) is 3.87. The second-order valence-electron chi connectivity index (χ2n) is 3.87. The van der Waals surface area contributed by atoms with Crippen molar-refractivity contribution in [2.75, 3.05) is 0 Å². The van der Waals surface area contributed by atoms with Gasteiger partial charge in [0.2, 0.25) is 0 Å². The van der Waals surface area contributed by atoms with Gasteiger partial charge in [-0.1, -0.05) is 12.2 Å². The van der Waals surface area contributed by atoms with Gasteiger partial charge < -0.3 is 9.90 Å². The molecule has 0 aromatic carbocycles. The Morgan fingerprint density at radius 2 is 2.31 bits per heavy atom. The Hall–Kier alpha value is -0.960. The van der Waals surface area contributed by atoms with E-state index in [9.17, 15) is 14.7 Å². The van der Waals surface area contributed by atoms with Gasteiger partial charge in [-0.05, 0) is 6.42 Å². The molecule has 0 aromatic rings. The highest BCUT2D eigenvalue weighted by Crippen LogP contribution is 2.43. The molecule has 0 aliphatic heterocycles. The van der Waals surface area contributed by atoms with Crippen LogP contribution in [0.5, 0.6) is 0 Å². The van der Waals surface area contributed by atoms with E-state index >= 15 is 0 Å². The Kier molecular flexibility index (Phi) is 1.84. The largest absolute Gasteiger partial charge is 0.381 e. The van der Waals surface area contributed by atoms with Crippen LogP contribution in [-0.2, 0) is 9.59 Å². The minimum absolute atomic E-state index is 0.168. The van der Waals surface area contributed by atoms with Crippen LogP contribution in [0.1, 0.15) is 19.3 Å². The lowest BCUT2D eigenvalue weighted by Gasteiger charge is -2.30. The third-order valence-electron chi connectivity index (χ3n) is 3.19. The summed E-state index contributed by atoms with van der Waals surface area (Å²) in [6.07, 6.45) is 5.80. The molecule has 2 aliphatic rings. The molecule has 3 atom stereocenters. The molecule has 0 amide bonds.